The van der Waals surface area contributed by atoms with Crippen molar-refractivity contribution in [2.75, 3.05) is 6.61 Å². The van der Waals surface area contributed by atoms with E-state index in [-0.39, 0.29) is 16.7 Å². The number of carbonyl (C=O) groups excluding carboxylic acids is 3. The summed E-state index contributed by atoms with van der Waals surface area (Å²) >= 11 is 0. The normalized spacial score (nSPS) is 28.3. The number of hydrogen-bond donors (Lipinski definition) is 2. The van der Waals surface area contributed by atoms with Crippen molar-refractivity contribution >= 4 is 28.8 Å². The molecule has 0 radical (unpaired) electrons. The van der Waals surface area contributed by atoms with Crippen LogP contribution in [0.3, 0.4) is 0 Å². The van der Waals surface area contributed by atoms with E-state index in [1.165, 1.54) is 31.4 Å². The van der Waals surface area contributed by atoms with Crippen molar-refractivity contribution in [1.29, 1.82) is 0 Å². The molecular weight excluding hydrogens is 460 g/mol. The van der Waals surface area contributed by atoms with E-state index in [1.54, 1.807) is 10.6 Å². The molecule has 9 heteroatoms. The zero-order valence-electron chi connectivity index (χ0n) is 20.4. The number of aryl methyl sites for hydroxylation is 1. The van der Waals surface area contributed by atoms with Crippen LogP contribution >= 0.6 is 0 Å². The number of fused-ring (bicyclic) bond motifs is 2. The largest absolute Gasteiger partial charge is 0.452 e. The number of aromatic nitrogens is 2. The van der Waals surface area contributed by atoms with E-state index < -0.39 is 24.5 Å². The van der Waals surface area contributed by atoms with Gasteiger partial charge in [-0.1, -0.05) is 6.42 Å². The number of esters is 1. The van der Waals surface area contributed by atoms with Gasteiger partial charge < -0.3 is 10.1 Å². The minimum Gasteiger partial charge on any atom is -0.452 e. The Morgan fingerprint density at radius 2 is 1.75 bits per heavy atom. The van der Waals surface area contributed by atoms with E-state index in [0.717, 1.165) is 50.8 Å². The summed E-state index contributed by atoms with van der Waals surface area (Å²) in [5, 5.41) is 5.85. The molecule has 9 nitrogen and oxygen atoms in total. The third-order valence-corrected chi connectivity index (χ3v) is 8.56. The van der Waals surface area contributed by atoms with E-state index in [9.17, 15) is 19.2 Å². The molecule has 0 saturated heterocycles. The van der Waals surface area contributed by atoms with Crippen molar-refractivity contribution in [3.05, 3.63) is 39.9 Å². The van der Waals surface area contributed by atoms with Crippen LogP contribution < -0.4 is 16.2 Å². The van der Waals surface area contributed by atoms with Gasteiger partial charge >= 0.3 is 12.0 Å². The lowest BCUT2D eigenvalue weighted by molar-refractivity contribution is -0.123. The third kappa shape index (κ3) is 4.40. The third-order valence-electron chi connectivity index (χ3n) is 8.56. The molecule has 1 aromatic carbocycles. The highest BCUT2D eigenvalue weighted by Gasteiger charge is 2.51. The number of ether oxygens (including phenoxy) is 1. The Labute approximate surface area is 209 Å². The average Bonchev–Trinajstić information content (AvgIpc) is 3.06. The summed E-state index contributed by atoms with van der Waals surface area (Å²) in [5.41, 5.74) is 0.354. The molecule has 2 N–H and O–H groups in total. The fourth-order valence-electron chi connectivity index (χ4n) is 7.46. The quantitative estimate of drug-likeness (QED) is 0.633. The Kier molecular flexibility index (Phi) is 5.80. The van der Waals surface area contributed by atoms with Crippen LogP contribution in [-0.4, -0.2) is 39.6 Å². The lowest BCUT2D eigenvalue weighted by atomic mass is 9.53. The predicted octanol–water partition coefficient (Wildman–Crippen LogP) is 3.07. The lowest BCUT2D eigenvalue weighted by Crippen LogP contribution is -2.62. The van der Waals surface area contributed by atoms with Crippen molar-refractivity contribution in [2.24, 2.45) is 17.8 Å². The number of nitrogens with one attached hydrogen (secondary N) is 2. The Morgan fingerprint density at radius 3 is 2.47 bits per heavy atom. The molecule has 36 heavy (non-hydrogen) atoms. The van der Waals surface area contributed by atoms with Crippen molar-refractivity contribution < 1.29 is 19.1 Å². The SMILES string of the molecule is O=C(COC(=O)c1ccc2c(=O)n3c(nc2c1)CCCCC3)NC(=O)NC12CC3CC(CC(C3)C1)C2. The van der Waals surface area contributed by atoms with Crippen LogP contribution in [0.25, 0.3) is 10.9 Å². The minimum atomic E-state index is -0.703. The summed E-state index contributed by atoms with van der Waals surface area (Å²) in [4.78, 5) is 55.0. The van der Waals surface area contributed by atoms with Gasteiger partial charge in [0.1, 0.15) is 5.82 Å². The summed E-state index contributed by atoms with van der Waals surface area (Å²) < 4.78 is 6.88. The molecule has 1 aliphatic heterocycles. The second kappa shape index (κ2) is 9.01. The number of hydrogen-bond acceptors (Lipinski definition) is 6. The van der Waals surface area contributed by atoms with E-state index in [1.807, 2.05) is 0 Å². The fourth-order valence-corrected chi connectivity index (χ4v) is 7.46. The molecule has 2 aromatic rings. The molecule has 0 atom stereocenters. The molecule has 0 unspecified atom stereocenters. The fraction of sp³-hybridized carbons (Fsp3) is 0.593. The van der Waals surface area contributed by atoms with Crippen molar-refractivity contribution in [1.82, 2.24) is 20.2 Å². The number of nitrogens with zero attached hydrogens (tertiary/aromatic N) is 2. The van der Waals surface area contributed by atoms with Crippen LogP contribution in [0.15, 0.2) is 23.0 Å². The maximum absolute atomic E-state index is 12.9. The molecule has 1 aromatic heterocycles. The minimum absolute atomic E-state index is 0.0961. The van der Waals surface area contributed by atoms with Crippen LogP contribution in [0, 0.1) is 17.8 Å². The van der Waals surface area contributed by atoms with Crippen molar-refractivity contribution in [2.45, 2.75) is 76.3 Å². The summed E-state index contributed by atoms with van der Waals surface area (Å²) in [6.07, 6.45) is 10.5. The predicted molar refractivity (Wildman–Crippen MR) is 131 cm³/mol. The van der Waals surface area contributed by atoms with Gasteiger partial charge in [0.25, 0.3) is 11.5 Å². The first-order valence-corrected chi connectivity index (χ1v) is 13.2. The zero-order valence-corrected chi connectivity index (χ0v) is 20.4. The molecule has 4 saturated carbocycles. The number of urea groups is 1. The van der Waals surface area contributed by atoms with E-state index in [0.29, 0.717) is 35.2 Å². The van der Waals surface area contributed by atoms with E-state index in [4.69, 9.17) is 4.74 Å². The second-order valence-corrected chi connectivity index (χ2v) is 11.3. The number of amides is 3. The van der Waals surface area contributed by atoms with Gasteiger partial charge in [-0.25, -0.2) is 14.6 Å². The first-order chi connectivity index (χ1) is 17.4. The van der Waals surface area contributed by atoms with E-state index >= 15 is 0 Å². The number of imide groups is 1. The number of benzene rings is 1. The zero-order chi connectivity index (χ0) is 24.9. The molecule has 4 fully saturated rings. The first kappa shape index (κ1) is 23.2. The number of rotatable bonds is 4. The van der Waals surface area contributed by atoms with Crippen molar-refractivity contribution in [3.8, 4) is 0 Å². The maximum Gasteiger partial charge on any atom is 0.338 e. The van der Waals surface area contributed by atoms with Gasteiger partial charge in [0, 0.05) is 18.5 Å². The molecule has 190 valence electrons. The van der Waals surface area contributed by atoms with Crippen LogP contribution in [0.2, 0.25) is 0 Å². The molecule has 2 heterocycles. The van der Waals surface area contributed by atoms with Gasteiger partial charge in [0.2, 0.25) is 0 Å². The van der Waals surface area contributed by atoms with E-state index in [2.05, 4.69) is 15.6 Å². The highest BCUT2D eigenvalue weighted by atomic mass is 16.5. The van der Waals surface area contributed by atoms with Gasteiger partial charge in [-0.15, -0.1) is 0 Å². The van der Waals surface area contributed by atoms with Gasteiger partial charge in [0.05, 0.1) is 16.5 Å². The topological polar surface area (TPSA) is 119 Å². The highest BCUT2D eigenvalue weighted by molar-refractivity contribution is 5.98. The summed E-state index contributed by atoms with van der Waals surface area (Å²) in [6, 6.07) is 4.10. The Morgan fingerprint density at radius 1 is 1.03 bits per heavy atom. The molecular formula is C27H32N4O5. The van der Waals surface area contributed by atoms with Gasteiger partial charge in [-0.2, -0.15) is 0 Å². The Balaban J connectivity index is 1.06. The van der Waals surface area contributed by atoms with Crippen molar-refractivity contribution in [3.63, 3.8) is 0 Å². The average molecular weight is 493 g/mol. The van der Waals surface area contributed by atoms with Gasteiger partial charge in [-0.05, 0) is 87.3 Å². The molecule has 7 rings (SSSR count). The maximum atomic E-state index is 12.9. The first-order valence-electron chi connectivity index (χ1n) is 13.2. The lowest BCUT2D eigenvalue weighted by Gasteiger charge is -2.56. The molecule has 3 amide bonds. The van der Waals surface area contributed by atoms with Crippen LogP contribution in [0.1, 0.15) is 74.0 Å². The Hall–Kier alpha value is -3.23. The molecule has 4 bridgehead atoms. The summed E-state index contributed by atoms with van der Waals surface area (Å²) in [7, 11) is 0. The smallest absolute Gasteiger partial charge is 0.338 e. The van der Waals surface area contributed by atoms with Crippen LogP contribution in [0.4, 0.5) is 4.79 Å². The highest BCUT2D eigenvalue weighted by Crippen LogP contribution is 2.55. The summed E-state index contributed by atoms with van der Waals surface area (Å²) in [6.45, 7) is 0.0951. The molecule has 4 aliphatic carbocycles. The molecule has 5 aliphatic rings. The standard InChI is InChI=1S/C27H32N4O5/c32-23(29-26(35)30-27-12-16-8-17(13-27)10-18(9-16)14-27)15-36-25(34)19-5-6-20-21(11-19)28-22-4-2-1-3-7-31(22)24(20)33/h5-6,11,16-18H,1-4,7-10,12-15H2,(H2,29,30,32,35). The monoisotopic (exact) mass is 492 g/mol. The Bertz CT molecular complexity index is 1260. The molecule has 0 spiro atoms. The van der Waals surface area contributed by atoms with Crippen LogP contribution in [-0.2, 0) is 22.5 Å². The van der Waals surface area contributed by atoms with Gasteiger partial charge in [-0.3, -0.25) is 19.5 Å². The van der Waals surface area contributed by atoms with Gasteiger partial charge in [0.15, 0.2) is 6.61 Å². The summed E-state index contributed by atoms with van der Waals surface area (Å²) in [5.74, 6) is 1.39. The van der Waals surface area contributed by atoms with Crippen LogP contribution in [0.5, 0.6) is 0 Å². The number of carbonyl (C=O) groups is 3. The second-order valence-electron chi connectivity index (χ2n) is 11.3.